The minimum atomic E-state index is 0.769. The molecule has 118 valence electrons. The Morgan fingerprint density at radius 2 is 2.33 bits per heavy atom. The highest BCUT2D eigenvalue weighted by Gasteiger charge is 2.21. The molecule has 1 aliphatic rings. The molecule has 2 rings (SSSR count). The topological polar surface area (TPSA) is 36.9 Å². The Morgan fingerprint density at radius 3 is 2.95 bits per heavy atom. The van der Waals surface area contributed by atoms with Crippen LogP contribution in [0.4, 0.5) is 0 Å². The first-order chi connectivity index (χ1) is 10.2. The van der Waals surface area contributed by atoms with Gasteiger partial charge >= 0.3 is 0 Å². The van der Waals surface area contributed by atoms with Crippen LogP contribution < -0.4 is 5.32 Å². The molecule has 1 N–H and O–H groups in total. The average molecular weight is 374 g/mol. The summed E-state index contributed by atoms with van der Waals surface area (Å²) >= 11 is 5.28. The fraction of sp³-hybridized carbons (Fsp3) is 0.667. The zero-order valence-corrected chi connectivity index (χ0v) is 15.2. The van der Waals surface area contributed by atoms with Crippen molar-refractivity contribution in [2.45, 2.75) is 19.3 Å². The van der Waals surface area contributed by atoms with Crippen molar-refractivity contribution in [3.8, 4) is 0 Å². The van der Waals surface area contributed by atoms with Crippen LogP contribution in [-0.2, 0) is 11.2 Å². The molecule has 21 heavy (non-hydrogen) atoms. The van der Waals surface area contributed by atoms with Gasteiger partial charge in [-0.15, -0.1) is 11.3 Å². The summed E-state index contributed by atoms with van der Waals surface area (Å²) in [6.07, 6.45) is 3.71. The van der Waals surface area contributed by atoms with Crippen LogP contribution >= 0.6 is 27.3 Å². The van der Waals surface area contributed by atoms with Gasteiger partial charge in [-0.25, -0.2) is 0 Å². The molecule has 0 bridgehead atoms. The number of thiophene rings is 1. The first-order valence-electron chi connectivity index (χ1n) is 7.42. The molecule has 1 aliphatic carbocycles. The van der Waals surface area contributed by atoms with E-state index in [2.05, 4.69) is 50.3 Å². The molecule has 1 fully saturated rings. The summed E-state index contributed by atoms with van der Waals surface area (Å²) < 4.78 is 6.86. The quantitative estimate of drug-likeness (QED) is 0.432. The maximum absolute atomic E-state index is 5.67. The van der Waals surface area contributed by atoms with Crippen molar-refractivity contribution in [2.24, 2.45) is 10.9 Å². The highest BCUT2D eigenvalue weighted by atomic mass is 79.9. The lowest BCUT2D eigenvalue weighted by Gasteiger charge is -2.21. The molecular formula is C15H24BrN3OS. The van der Waals surface area contributed by atoms with Gasteiger partial charge in [-0.3, -0.25) is 4.99 Å². The molecule has 0 atom stereocenters. The van der Waals surface area contributed by atoms with Gasteiger partial charge in [0.05, 0.1) is 10.4 Å². The average Bonchev–Trinajstić information content (AvgIpc) is 3.21. The highest BCUT2D eigenvalue weighted by molar-refractivity contribution is 9.11. The molecule has 4 nitrogen and oxygen atoms in total. The number of aliphatic imine (C=N–C) groups is 1. The largest absolute Gasteiger partial charge is 0.379 e. The number of guanidine groups is 1. The molecule has 6 heteroatoms. The van der Waals surface area contributed by atoms with Gasteiger partial charge in [-0.1, -0.05) is 0 Å². The Kier molecular flexibility index (Phi) is 6.99. The van der Waals surface area contributed by atoms with Gasteiger partial charge < -0.3 is 15.0 Å². The number of nitrogens with one attached hydrogen (secondary N) is 1. The van der Waals surface area contributed by atoms with Gasteiger partial charge in [-0.2, -0.15) is 0 Å². The van der Waals surface area contributed by atoms with Gasteiger partial charge in [0.25, 0.3) is 0 Å². The maximum atomic E-state index is 5.67. The Hall–Kier alpha value is -0.590. The van der Waals surface area contributed by atoms with Crippen molar-refractivity contribution in [3.05, 3.63) is 20.8 Å². The number of ether oxygens (including phenoxy) is 1. The summed E-state index contributed by atoms with van der Waals surface area (Å²) in [5, 5.41) is 3.40. The Labute approximate surface area is 139 Å². The van der Waals surface area contributed by atoms with Crippen molar-refractivity contribution in [2.75, 3.05) is 40.4 Å². The first kappa shape index (κ1) is 16.8. The Morgan fingerprint density at radius 1 is 1.52 bits per heavy atom. The normalized spacial score (nSPS) is 15.3. The zero-order chi connectivity index (χ0) is 15.1. The van der Waals surface area contributed by atoms with Crippen LogP contribution in [0.1, 0.15) is 17.7 Å². The summed E-state index contributed by atoms with van der Waals surface area (Å²) in [5.74, 6) is 1.76. The van der Waals surface area contributed by atoms with Crippen molar-refractivity contribution in [1.82, 2.24) is 10.2 Å². The second-order valence-corrected chi connectivity index (χ2v) is 7.92. The van der Waals surface area contributed by atoms with Crippen LogP contribution in [0, 0.1) is 5.92 Å². The number of likely N-dealkylation sites (N-methyl/N-ethyl adjacent to an activating group) is 1. The smallest absolute Gasteiger partial charge is 0.193 e. The molecule has 0 spiro atoms. The lowest BCUT2D eigenvalue weighted by atomic mass is 10.3. The summed E-state index contributed by atoms with van der Waals surface area (Å²) in [6, 6.07) is 4.26. The minimum Gasteiger partial charge on any atom is -0.379 e. The van der Waals surface area contributed by atoms with E-state index in [-0.39, 0.29) is 0 Å². The molecule has 0 radical (unpaired) electrons. The third-order valence-electron chi connectivity index (χ3n) is 3.48. The molecule has 1 aromatic rings. The molecule has 1 aromatic heterocycles. The Balaban J connectivity index is 1.61. The van der Waals surface area contributed by atoms with Gasteiger partial charge in [0.2, 0.25) is 0 Å². The highest BCUT2D eigenvalue weighted by Crippen LogP contribution is 2.28. The van der Waals surface area contributed by atoms with Crippen molar-refractivity contribution in [1.29, 1.82) is 0 Å². The molecule has 1 saturated carbocycles. The summed E-state index contributed by atoms with van der Waals surface area (Å²) in [5.41, 5.74) is 0. The van der Waals surface area contributed by atoms with E-state index in [0.717, 1.165) is 44.6 Å². The number of halogens is 1. The molecule has 0 aromatic carbocycles. The van der Waals surface area contributed by atoms with E-state index in [0.29, 0.717) is 0 Å². The van der Waals surface area contributed by atoms with Crippen LogP contribution in [-0.4, -0.2) is 51.3 Å². The van der Waals surface area contributed by atoms with E-state index in [4.69, 9.17) is 4.74 Å². The number of rotatable bonds is 8. The van der Waals surface area contributed by atoms with E-state index < -0.39 is 0 Å². The van der Waals surface area contributed by atoms with E-state index in [1.807, 2.05) is 7.05 Å². The fourth-order valence-electron chi connectivity index (χ4n) is 2.01. The monoisotopic (exact) mass is 373 g/mol. The van der Waals surface area contributed by atoms with Gasteiger partial charge in [0, 0.05) is 38.7 Å². The van der Waals surface area contributed by atoms with Crippen LogP contribution in [0.15, 0.2) is 20.9 Å². The number of hydrogen-bond donors (Lipinski definition) is 1. The summed E-state index contributed by atoms with van der Waals surface area (Å²) in [4.78, 5) is 7.82. The van der Waals surface area contributed by atoms with Crippen molar-refractivity contribution < 1.29 is 4.74 Å². The van der Waals surface area contributed by atoms with Gasteiger partial charge in [0.1, 0.15) is 0 Å². The predicted octanol–water partition coefficient (Wildman–Crippen LogP) is 2.99. The predicted molar refractivity (Wildman–Crippen MR) is 93.3 cm³/mol. The van der Waals surface area contributed by atoms with Crippen LogP contribution in [0.2, 0.25) is 0 Å². The zero-order valence-electron chi connectivity index (χ0n) is 12.8. The van der Waals surface area contributed by atoms with E-state index in [1.165, 1.54) is 21.5 Å². The Bertz CT molecular complexity index is 460. The lowest BCUT2D eigenvalue weighted by Crippen LogP contribution is -2.41. The number of hydrogen-bond acceptors (Lipinski definition) is 3. The molecule has 1 heterocycles. The molecular weight excluding hydrogens is 350 g/mol. The standard InChI is InChI=1S/C15H24BrN3OS/c1-17-15(18-8-7-13-5-6-14(16)21-13)19(2)9-10-20-11-12-3-4-12/h5-6,12H,3-4,7-11H2,1-2H3,(H,17,18). The SMILES string of the molecule is CN=C(NCCc1ccc(Br)s1)N(C)CCOCC1CC1. The van der Waals surface area contributed by atoms with Gasteiger partial charge in [0.15, 0.2) is 5.96 Å². The van der Waals surface area contributed by atoms with Crippen molar-refractivity contribution >= 4 is 33.2 Å². The van der Waals surface area contributed by atoms with E-state index in [9.17, 15) is 0 Å². The molecule has 0 saturated heterocycles. The van der Waals surface area contributed by atoms with Crippen LogP contribution in [0.3, 0.4) is 0 Å². The molecule has 0 aliphatic heterocycles. The van der Waals surface area contributed by atoms with Crippen molar-refractivity contribution in [3.63, 3.8) is 0 Å². The summed E-state index contributed by atoms with van der Waals surface area (Å²) in [6.45, 7) is 3.46. The van der Waals surface area contributed by atoms with Gasteiger partial charge in [-0.05, 0) is 53.2 Å². The van der Waals surface area contributed by atoms with E-state index >= 15 is 0 Å². The molecule has 0 amide bonds. The lowest BCUT2D eigenvalue weighted by molar-refractivity contribution is 0.115. The maximum Gasteiger partial charge on any atom is 0.193 e. The van der Waals surface area contributed by atoms with Crippen LogP contribution in [0.25, 0.3) is 0 Å². The fourth-order valence-corrected chi connectivity index (χ4v) is 3.49. The van der Waals surface area contributed by atoms with E-state index in [1.54, 1.807) is 11.3 Å². The minimum absolute atomic E-state index is 0.769. The second-order valence-electron chi connectivity index (χ2n) is 5.37. The van der Waals surface area contributed by atoms with Crippen LogP contribution in [0.5, 0.6) is 0 Å². The third-order valence-corrected chi connectivity index (χ3v) is 5.16. The first-order valence-corrected chi connectivity index (χ1v) is 9.03. The summed E-state index contributed by atoms with van der Waals surface area (Å²) in [7, 11) is 3.88. The third kappa shape index (κ3) is 6.36. The molecule has 0 unspecified atom stereocenters. The number of nitrogens with zero attached hydrogens (tertiary/aromatic N) is 2. The second kappa shape index (κ2) is 8.76.